The first-order valence-corrected chi connectivity index (χ1v) is 11.2. The first-order valence-electron chi connectivity index (χ1n) is 11.2. The second kappa shape index (κ2) is 9.22. The molecule has 0 unspecified atom stereocenters. The molecule has 2 N–H and O–H groups in total. The van der Waals surface area contributed by atoms with E-state index >= 15 is 0 Å². The highest BCUT2D eigenvalue weighted by atomic mass is 16.5. The summed E-state index contributed by atoms with van der Waals surface area (Å²) in [5.41, 5.74) is 5.56. The molecule has 5 rings (SSSR count). The van der Waals surface area contributed by atoms with Gasteiger partial charge in [-0.15, -0.1) is 0 Å². The Bertz CT molecular complexity index is 1150. The van der Waals surface area contributed by atoms with E-state index in [2.05, 4.69) is 32.7 Å². The minimum atomic E-state index is 0.0380. The van der Waals surface area contributed by atoms with Gasteiger partial charge >= 0.3 is 0 Å². The predicted octanol–water partition coefficient (Wildman–Crippen LogP) is 4.28. The second-order valence-corrected chi connectivity index (χ2v) is 8.17. The first kappa shape index (κ1) is 20.2. The topological polar surface area (TPSA) is 75.6 Å². The maximum Gasteiger partial charge on any atom is 0.224 e. The number of pyridine rings is 1. The van der Waals surface area contributed by atoms with E-state index in [0.717, 1.165) is 54.5 Å². The number of nitrogens with zero attached hydrogens (tertiary/aromatic N) is 2. The molecule has 32 heavy (non-hydrogen) atoms. The molecule has 2 aliphatic rings. The molecule has 1 aliphatic carbocycles. The van der Waals surface area contributed by atoms with Crippen LogP contribution in [0.3, 0.4) is 0 Å². The molecule has 1 amide bonds. The predicted molar refractivity (Wildman–Crippen MR) is 126 cm³/mol. The summed E-state index contributed by atoms with van der Waals surface area (Å²) < 4.78 is 5.97. The summed E-state index contributed by atoms with van der Waals surface area (Å²) in [5.74, 6) is 2.31. The number of rotatable bonds is 7. The van der Waals surface area contributed by atoms with Crippen LogP contribution in [0.4, 0.5) is 5.69 Å². The molecule has 0 atom stereocenters. The van der Waals surface area contributed by atoms with Crippen molar-refractivity contribution in [1.29, 1.82) is 0 Å². The highest BCUT2D eigenvalue weighted by Crippen LogP contribution is 2.25. The number of aryl methyl sites for hydroxylation is 3. The molecule has 1 aliphatic heterocycles. The van der Waals surface area contributed by atoms with Gasteiger partial charge in [0.2, 0.25) is 5.91 Å². The number of anilines is 1. The average Bonchev–Trinajstić information content (AvgIpc) is 3.51. The fourth-order valence-electron chi connectivity index (χ4n) is 4.16. The Kier molecular flexibility index (Phi) is 5.83. The number of hydrogen-bond acceptors (Lipinski definition) is 5. The highest BCUT2D eigenvalue weighted by Gasteiger charge is 2.12. The van der Waals surface area contributed by atoms with Crippen LogP contribution in [0.2, 0.25) is 0 Å². The number of aromatic nitrogens is 1. The lowest BCUT2D eigenvalue weighted by molar-refractivity contribution is -0.116. The van der Waals surface area contributed by atoms with Gasteiger partial charge < -0.3 is 15.4 Å². The lowest BCUT2D eigenvalue weighted by Crippen LogP contribution is -2.20. The molecule has 0 saturated carbocycles. The molecule has 0 radical (unpaired) electrons. The fourth-order valence-corrected chi connectivity index (χ4v) is 4.16. The average molecular weight is 427 g/mol. The Labute approximate surface area is 187 Å². The standard InChI is InChI=1S/C26H26N4O2/c31-25(30-21-8-7-19-2-1-3-20(19)16-21)11-6-18-4-9-22(10-5-18)32-23-12-13-27-24(17-23)26-28-14-15-29-26/h4-5,7-10,12-13,16-17H,1-3,6,11,14-15H2,(H,28,29)(H,30,31). The third-order valence-corrected chi connectivity index (χ3v) is 5.83. The summed E-state index contributed by atoms with van der Waals surface area (Å²) >= 11 is 0. The number of nitrogens with one attached hydrogen (secondary N) is 2. The Morgan fingerprint density at radius 2 is 1.88 bits per heavy atom. The fraction of sp³-hybridized carbons (Fsp3) is 0.269. The lowest BCUT2D eigenvalue weighted by atomic mass is 10.1. The molecule has 2 heterocycles. The Morgan fingerprint density at radius 3 is 2.72 bits per heavy atom. The highest BCUT2D eigenvalue weighted by molar-refractivity contribution is 5.98. The van der Waals surface area contributed by atoms with Crippen LogP contribution in [0, 0.1) is 0 Å². The van der Waals surface area contributed by atoms with Gasteiger partial charge in [-0.25, -0.2) is 0 Å². The van der Waals surface area contributed by atoms with Gasteiger partial charge in [0.05, 0.1) is 6.54 Å². The maximum atomic E-state index is 12.4. The third kappa shape index (κ3) is 4.80. The summed E-state index contributed by atoms with van der Waals surface area (Å²) in [6.45, 7) is 1.61. The van der Waals surface area contributed by atoms with Crippen LogP contribution < -0.4 is 15.4 Å². The van der Waals surface area contributed by atoms with E-state index in [4.69, 9.17) is 4.74 Å². The number of ether oxygens (including phenoxy) is 1. The van der Waals surface area contributed by atoms with E-state index in [9.17, 15) is 4.79 Å². The number of fused-ring (bicyclic) bond motifs is 1. The second-order valence-electron chi connectivity index (χ2n) is 8.17. The van der Waals surface area contributed by atoms with E-state index in [1.54, 1.807) is 6.20 Å². The van der Waals surface area contributed by atoms with Gasteiger partial charge in [-0.3, -0.25) is 14.8 Å². The molecule has 3 aromatic rings. The lowest BCUT2D eigenvalue weighted by Gasteiger charge is -2.09. The van der Waals surface area contributed by atoms with Crippen LogP contribution in [-0.4, -0.2) is 29.8 Å². The zero-order chi connectivity index (χ0) is 21.8. The van der Waals surface area contributed by atoms with Crippen molar-refractivity contribution in [3.8, 4) is 11.5 Å². The number of carbonyl (C=O) groups is 1. The van der Waals surface area contributed by atoms with Crippen molar-refractivity contribution < 1.29 is 9.53 Å². The van der Waals surface area contributed by atoms with Gasteiger partial charge in [0.15, 0.2) is 0 Å². The van der Waals surface area contributed by atoms with Crippen molar-refractivity contribution in [3.05, 3.63) is 83.2 Å². The zero-order valence-corrected chi connectivity index (χ0v) is 17.9. The maximum absolute atomic E-state index is 12.4. The van der Waals surface area contributed by atoms with Crippen LogP contribution in [0.25, 0.3) is 0 Å². The summed E-state index contributed by atoms with van der Waals surface area (Å²) in [6, 6.07) is 17.8. The van der Waals surface area contributed by atoms with Gasteiger partial charge in [0.1, 0.15) is 23.0 Å². The van der Waals surface area contributed by atoms with Gasteiger partial charge in [-0.05, 0) is 72.7 Å². The molecule has 1 aromatic heterocycles. The van der Waals surface area contributed by atoms with Gasteiger partial charge in [0.25, 0.3) is 0 Å². The van der Waals surface area contributed by atoms with Crippen molar-refractivity contribution in [2.75, 3.05) is 18.4 Å². The smallest absolute Gasteiger partial charge is 0.224 e. The number of benzene rings is 2. The van der Waals surface area contributed by atoms with Crippen molar-refractivity contribution in [2.45, 2.75) is 32.1 Å². The van der Waals surface area contributed by atoms with E-state index in [0.29, 0.717) is 18.6 Å². The molecular formula is C26H26N4O2. The third-order valence-electron chi connectivity index (χ3n) is 5.83. The first-order chi connectivity index (χ1) is 15.7. The van der Waals surface area contributed by atoms with Crippen LogP contribution >= 0.6 is 0 Å². The molecule has 0 fully saturated rings. The van der Waals surface area contributed by atoms with Gasteiger partial charge in [0, 0.05) is 30.9 Å². The summed E-state index contributed by atoms with van der Waals surface area (Å²) in [7, 11) is 0. The Morgan fingerprint density at radius 1 is 1.00 bits per heavy atom. The molecule has 2 aromatic carbocycles. The summed E-state index contributed by atoms with van der Waals surface area (Å²) in [6.07, 6.45) is 6.32. The number of hydrogen-bond donors (Lipinski definition) is 2. The summed E-state index contributed by atoms with van der Waals surface area (Å²) in [4.78, 5) is 21.1. The van der Waals surface area contributed by atoms with Gasteiger partial charge in [-0.2, -0.15) is 0 Å². The summed E-state index contributed by atoms with van der Waals surface area (Å²) in [5, 5.41) is 6.25. The minimum Gasteiger partial charge on any atom is -0.457 e. The van der Waals surface area contributed by atoms with E-state index in [1.807, 2.05) is 42.5 Å². The molecule has 6 heteroatoms. The van der Waals surface area contributed by atoms with Crippen LogP contribution in [0.15, 0.2) is 65.8 Å². The van der Waals surface area contributed by atoms with Crippen molar-refractivity contribution in [2.24, 2.45) is 4.99 Å². The molecule has 0 bridgehead atoms. The van der Waals surface area contributed by atoms with E-state index in [-0.39, 0.29) is 5.91 Å². The van der Waals surface area contributed by atoms with Crippen molar-refractivity contribution >= 4 is 17.4 Å². The number of aliphatic imine (C=N–C) groups is 1. The number of amidine groups is 1. The molecule has 6 nitrogen and oxygen atoms in total. The van der Waals surface area contributed by atoms with Crippen LogP contribution in [0.5, 0.6) is 11.5 Å². The molecule has 0 spiro atoms. The largest absolute Gasteiger partial charge is 0.457 e. The molecular weight excluding hydrogens is 400 g/mol. The Hall–Kier alpha value is -3.67. The van der Waals surface area contributed by atoms with E-state index in [1.165, 1.54) is 17.5 Å². The van der Waals surface area contributed by atoms with Crippen LogP contribution in [-0.2, 0) is 24.1 Å². The van der Waals surface area contributed by atoms with Gasteiger partial charge in [-0.1, -0.05) is 18.2 Å². The normalized spacial score (nSPS) is 14.4. The monoisotopic (exact) mass is 426 g/mol. The SMILES string of the molecule is O=C(CCc1ccc(Oc2ccnc(C3=NCCN3)c2)cc1)Nc1ccc2c(c1)CCC2. The quantitative estimate of drug-likeness (QED) is 0.591. The molecule has 162 valence electrons. The Balaban J connectivity index is 1.14. The zero-order valence-electron chi connectivity index (χ0n) is 17.9. The van der Waals surface area contributed by atoms with Crippen LogP contribution in [0.1, 0.15) is 35.2 Å². The van der Waals surface area contributed by atoms with Crippen molar-refractivity contribution in [1.82, 2.24) is 10.3 Å². The minimum absolute atomic E-state index is 0.0380. The molecule has 0 saturated heterocycles. The number of amides is 1. The number of carbonyl (C=O) groups excluding carboxylic acids is 1. The van der Waals surface area contributed by atoms with E-state index < -0.39 is 0 Å². The van der Waals surface area contributed by atoms with Crippen molar-refractivity contribution in [3.63, 3.8) is 0 Å².